The molecular weight excluding hydrogens is 236 g/mol. The van der Waals surface area contributed by atoms with Crippen LogP contribution < -0.4 is 5.32 Å². The Balaban J connectivity index is 2.57. The van der Waals surface area contributed by atoms with Gasteiger partial charge in [-0.05, 0) is 12.3 Å². The Hall–Kier alpha value is -1.59. The van der Waals surface area contributed by atoms with Crippen LogP contribution in [0.2, 0.25) is 0 Å². The summed E-state index contributed by atoms with van der Waals surface area (Å²) in [5.41, 5.74) is 0. The first kappa shape index (κ1) is 14.5. The quantitative estimate of drug-likeness (QED) is 0.729. The van der Waals surface area contributed by atoms with E-state index in [2.05, 4.69) is 5.32 Å². The number of carbonyl (C=O) groups excluding carboxylic acids is 2. The lowest BCUT2D eigenvalue weighted by atomic mass is 10.0. The van der Waals surface area contributed by atoms with Gasteiger partial charge in [-0.2, -0.15) is 0 Å². The molecule has 1 aliphatic heterocycles. The van der Waals surface area contributed by atoms with Gasteiger partial charge < -0.3 is 15.3 Å². The largest absolute Gasteiger partial charge is 0.480 e. The van der Waals surface area contributed by atoms with E-state index < -0.39 is 17.9 Å². The fourth-order valence-corrected chi connectivity index (χ4v) is 2.02. The first-order valence-electron chi connectivity index (χ1n) is 6.08. The van der Waals surface area contributed by atoms with Crippen LogP contribution in [-0.4, -0.2) is 47.4 Å². The van der Waals surface area contributed by atoms with Crippen LogP contribution in [0.5, 0.6) is 0 Å². The number of carboxylic acids is 1. The van der Waals surface area contributed by atoms with Gasteiger partial charge in [-0.25, -0.2) is 4.79 Å². The topological polar surface area (TPSA) is 86.7 Å². The van der Waals surface area contributed by atoms with Gasteiger partial charge in [-0.1, -0.05) is 13.8 Å². The van der Waals surface area contributed by atoms with Gasteiger partial charge in [0.05, 0.1) is 5.92 Å². The predicted octanol–water partition coefficient (Wildman–Crippen LogP) is 0.0802. The molecule has 0 spiro atoms. The van der Waals surface area contributed by atoms with Crippen LogP contribution in [0.1, 0.15) is 26.7 Å². The highest BCUT2D eigenvalue weighted by molar-refractivity contribution is 5.91. The van der Waals surface area contributed by atoms with Gasteiger partial charge >= 0.3 is 5.97 Å². The number of carboxylic acid groups (broad SMARTS) is 1. The molecule has 6 heteroatoms. The molecule has 1 aliphatic rings. The second kappa shape index (κ2) is 5.84. The molecule has 102 valence electrons. The SMILES string of the molecule is CC(C)C[C@H](NC(=O)C1CC(=O)N(C)C1)C(=O)O. The van der Waals surface area contributed by atoms with Crippen molar-refractivity contribution in [2.45, 2.75) is 32.7 Å². The molecule has 6 nitrogen and oxygen atoms in total. The normalized spacial score (nSPS) is 21.2. The second-order valence-electron chi connectivity index (χ2n) is 5.20. The molecule has 0 aromatic rings. The third-order valence-electron chi connectivity index (χ3n) is 3.03. The van der Waals surface area contributed by atoms with Crippen molar-refractivity contribution in [1.82, 2.24) is 10.2 Å². The molecule has 0 saturated carbocycles. The lowest BCUT2D eigenvalue weighted by molar-refractivity contribution is -0.142. The lowest BCUT2D eigenvalue weighted by Gasteiger charge is -2.18. The van der Waals surface area contributed by atoms with Gasteiger partial charge in [-0.15, -0.1) is 0 Å². The zero-order chi connectivity index (χ0) is 13.9. The number of likely N-dealkylation sites (tertiary alicyclic amines) is 1. The maximum absolute atomic E-state index is 11.9. The van der Waals surface area contributed by atoms with E-state index in [1.165, 1.54) is 4.90 Å². The number of rotatable bonds is 5. The maximum atomic E-state index is 11.9. The monoisotopic (exact) mass is 256 g/mol. The van der Waals surface area contributed by atoms with Crippen molar-refractivity contribution < 1.29 is 19.5 Å². The van der Waals surface area contributed by atoms with Crippen LogP contribution in [0.15, 0.2) is 0 Å². The Kier molecular flexibility index (Phi) is 4.69. The standard InChI is InChI=1S/C12H20N2O4/c1-7(2)4-9(12(17)18)13-11(16)8-5-10(15)14(3)6-8/h7-9H,4-6H2,1-3H3,(H,13,16)(H,17,18)/t8?,9-/m0/s1. The minimum atomic E-state index is -1.03. The summed E-state index contributed by atoms with van der Waals surface area (Å²) in [5.74, 6) is -1.71. The van der Waals surface area contributed by atoms with E-state index in [1.807, 2.05) is 13.8 Å². The highest BCUT2D eigenvalue weighted by Crippen LogP contribution is 2.16. The first-order chi connectivity index (χ1) is 8.31. The summed E-state index contributed by atoms with van der Waals surface area (Å²) in [6.45, 7) is 4.16. The number of aliphatic carboxylic acids is 1. The van der Waals surface area contributed by atoms with Gasteiger partial charge in [-0.3, -0.25) is 9.59 Å². The molecule has 0 aliphatic carbocycles. The minimum absolute atomic E-state index is 0.0779. The van der Waals surface area contributed by atoms with Gasteiger partial charge in [0, 0.05) is 20.0 Å². The zero-order valence-electron chi connectivity index (χ0n) is 11.0. The molecule has 1 saturated heterocycles. The van der Waals surface area contributed by atoms with Crippen LogP contribution in [-0.2, 0) is 14.4 Å². The first-order valence-corrected chi connectivity index (χ1v) is 6.08. The average Bonchev–Trinajstić information content (AvgIpc) is 2.57. The van der Waals surface area contributed by atoms with E-state index in [4.69, 9.17) is 5.11 Å². The molecule has 0 bridgehead atoms. The highest BCUT2D eigenvalue weighted by Gasteiger charge is 2.34. The molecular formula is C12H20N2O4. The van der Waals surface area contributed by atoms with E-state index in [-0.39, 0.29) is 24.2 Å². The van der Waals surface area contributed by atoms with Crippen LogP contribution in [0, 0.1) is 11.8 Å². The van der Waals surface area contributed by atoms with Crippen molar-refractivity contribution in [2.75, 3.05) is 13.6 Å². The van der Waals surface area contributed by atoms with Crippen molar-refractivity contribution in [1.29, 1.82) is 0 Å². The summed E-state index contributed by atoms with van der Waals surface area (Å²) in [6, 6.07) is -0.876. The highest BCUT2D eigenvalue weighted by atomic mass is 16.4. The van der Waals surface area contributed by atoms with E-state index in [0.29, 0.717) is 13.0 Å². The number of amides is 2. The summed E-state index contributed by atoms with van der Waals surface area (Å²) < 4.78 is 0. The fraction of sp³-hybridized carbons (Fsp3) is 0.750. The molecule has 0 radical (unpaired) electrons. The number of nitrogens with zero attached hydrogens (tertiary/aromatic N) is 1. The molecule has 0 aromatic carbocycles. The van der Waals surface area contributed by atoms with E-state index in [0.717, 1.165) is 0 Å². The molecule has 2 N–H and O–H groups in total. The summed E-state index contributed by atoms with van der Waals surface area (Å²) in [6.07, 6.45) is 0.550. The fourth-order valence-electron chi connectivity index (χ4n) is 2.02. The Labute approximate surface area is 106 Å². The number of carbonyl (C=O) groups is 3. The molecule has 2 amide bonds. The Morgan fingerprint density at radius 1 is 1.50 bits per heavy atom. The van der Waals surface area contributed by atoms with Crippen molar-refractivity contribution in [3.8, 4) is 0 Å². The molecule has 18 heavy (non-hydrogen) atoms. The maximum Gasteiger partial charge on any atom is 0.326 e. The van der Waals surface area contributed by atoms with Gasteiger partial charge in [0.1, 0.15) is 6.04 Å². The number of hydrogen-bond acceptors (Lipinski definition) is 3. The molecule has 1 heterocycles. The lowest BCUT2D eigenvalue weighted by Crippen LogP contribution is -2.44. The van der Waals surface area contributed by atoms with Gasteiger partial charge in [0.2, 0.25) is 11.8 Å². The molecule has 0 aromatic heterocycles. The third kappa shape index (κ3) is 3.72. The Morgan fingerprint density at radius 3 is 2.50 bits per heavy atom. The van der Waals surface area contributed by atoms with Crippen LogP contribution in [0.25, 0.3) is 0 Å². The smallest absolute Gasteiger partial charge is 0.326 e. The number of nitrogens with one attached hydrogen (secondary N) is 1. The van der Waals surface area contributed by atoms with Gasteiger partial charge in [0.15, 0.2) is 0 Å². The molecule has 1 fully saturated rings. The van der Waals surface area contributed by atoms with Crippen LogP contribution in [0.4, 0.5) is 0 Å². The second-order valence-corrected chi connectivity index (χ2v) is 5.20. The van der Waals surface area contributed by atoms with Crippen molar-refractivity contribution in [3.63, 3.8) is 0 Å². The average molecular weight is 256 g/mol. The van der Waals surface area contributed by atoms with Crippen LogP contribution >= 0.6 is 0 Å². The van der Waals surface area contributed by atoms with Crippen molar-refractivity contribution in [2.24, 2.45) is 11.8 Å². The van der Waals surface area contributed by atoms with Gasteiger partial charge in [0.25, 0.3) is 0 Å². The zero-order valence-corrected chi connectivity index (χ0v) is 11.0. The number of hydrogen-bond donors (Lipinski definition) is 2. The molecule has 2 atom stereocenters. The Bertz CT molecular complexity index is 354. The van der Waals surface area contributed by atoms with E-state index in [1.54, 1.807) is 7.05 Å². The third-order valence-corrected chi connectivity index (χ3v) is 3.03. The Morgan fingerprint density at radius 2 is 2.11 bits per heavy atom. The molecule has 1 unspecified atom stereocenters. The predicted molar refractivity (Wildman–Crippen MR) is 64.8 cm³/mol. The summed E-state index contributed by atoms with van der Waals surface area (Å²) >= 11 is 0. The molecule has 1 rings (SSSR count). The van der Waals surface area contributed by atoms with E-state index in [9.17, 15) is 14.4 Å². The minimum Gasteiger partial charge on any atom is -0.480 e. The summed E-state index contributed by atoms with van der Waals surface area (Å²) in [5, 5.41) is 11.5. The van der Waals surface area contributed by atoms with Crippen LogP contribution in [0.3, 0.4) is 0 Å². The summed E-state index contributed by atoms with van der Waals surface area (Å²) in [7, 11) is 1.64. The van der Waals surface area contributed by atoms with Crippen molar-refractivity contribution >= 4 is 17.8 Å². The van der Waals surface area contributed by atoms with Crippen molar-refractivity contribution in [3.05, 3.63) is 0 Å². The van der Waals surface area contributed by atoms with E-state index >= 15 is 0 Å². The summed E-state index contributed by atoms with van der Waals surface area (Å²) in [4.78, 5) is 35.7.